The molecule has 1 aliphatic rings. The van der Waals surface area contributed by atoms with Gasteiger partial charge in [-0.2, -0.15) is 0 Å². The maximum absolute atomic E-state index is 14.9. The minimum Gasteiger partial charge on any atom is -0.363 e. The van der Waals surface area contributed by atoms with Gasteiger partial charge >= 0.3 is 0 Å². The topological polar surface area (TPSA) is 80.1 Å². The molecule has 7 nitrogen and oxygen atoms in total. The number of benzene rings is 1. The maximum atomic E-state index is 14.9. The summed E-state index contributed by atoms with van der Waals surface area (Å²) in [7, 11) is 1.60. The molecular formula is C25H26F3N5O2. The number of pyridine rings is 1. The third-order valence-electron chi connectivity index (χ3n) is 6.33. The zero-order chi connectivity index (χ0) is 25.5. The lowest BCUT2D eigenvalue weighted by Gasteiger charge is -2.25. The minimum atomic E-state index is -3.32. The van der Waals surface area contributed by atoms with Gasteiger partial charge in [-0.05, 0) is 25.0 Å². The van der Waals surface area contributed by atoms with E-state index in [1.807, 2.05) is 6.08 Å². The summed E-state index contributed by atoms with van der Waals surface area (Å²) in [6.45, 7) is 4.73. The summed E-state index contributed by atoms with van der Waals surface area (Å²) in [5, 5.41) is 3.63. The number of hydrogen-bond acceptors (Lipinski definition) is 5. The second-order valence-corrected chi connectivity index (χ2v) is 8.79. The molecule has 1 N–H and O–H groups in total. The van der Waals surface area contributed by atoms with Gasteiger partial charge in [0.1, 0.15) is 23.6 Å². The minimum absolute atomic E-state index is 0.0299. The van der Waals surface area contributed by atoms with Gasteiger partial charge in [-0.15, -0.1) is 0 Å². The molecule has 3 heterocycles. The van der Waals surface area contributed by atoms with Crippen LogP contribution >= 0.6 is 0 Å². The fourth-order valence-electron chi connectivity index (χ4n) is 4.32. The van der Waals surface area contributed by atoms with E-state index >= 15 is 0 Å². The van der Waals surface area contributed by atoms with Crippen LogP contribution in [0.3, 0.4) is 0 Å². The number of rotatable bonds is 5. The first-order chi connectivity index (χ1) is 16.5. The van der Waals surface area contributed by atoms with Crippen LogP contribution < -0.4 is 10.9 Å². The van der Waals surface area contributed by atoms with Crippen LogP contribution in [0.1, 0.15) is 49.9 Å². The Kier molecular flexibility index (Phi) is 6.40. The third kappa shape index (κ3) is 4.65. The van der Waals surface area contributed by atoms with Crippen molar-refractivity contribution in [3.8, 4) is 0 Å². The highest BCUT2D eigenvalue weighted by Gasteiger charge is 2.30. The SMILES string of the molecule is CC(=O)N1CC=C(c2cc3c(N[C@H](C)c4cccc(C(C)(F)F)c4F)ncnc3n(C)c2=O)CC1. The fraction of sp³-hybridized carbons (Fsp3) is 0.360. The van der Waals surface area contributed by atoms with Crippen LogP contribution in [0.4, 0.5) is 19.0 Å². The molecule has 0 saturated carbocycles. The number of halogens is 3. The zero-order valence-electron chi connectivity index (χ0n) is 19.9. The van der Waals surface area contributed by atoms with Crippen molar-refractivity contribution in [3.05, 3.63) is 69.5 Å². The predicted molar refractivity (Wildman–Crippen MR) is 128 cm³/mol. The van der Waals surface area contributed by atoms with Crippen molar-refractivity contribution in [1.82, 2.24) is 19.4 Å². The van der Waals surface area contributed by atoms with Gasteiger partial charge in [-0.1, -0.05) is 24.3 Å². The van der Waals surface area contributed by atoms with Gasteiger partial charge in [-0.25, -0.2) is 23.1 Å². The Morgan fingerprint density at radius 1 is 1.26 bits per heavy atom. The van der Waals surface area contributed by atoms with Crippen LogP contribution in [0.5, 0.6) is 0 Å². The molecule has 0 saturated heterocycles. The molecule has 0 aliphatic carbocycles. The van der Waals surface area contributed by atoms with Gasteiger partial charge in [0.2, 0.25) is 5.91 Å². The van der Waals surface area contributed by atoms with Crippen molar-refractivity contribution in [2.45, 2.75) is 39.2 Å². The monoisotopic (exact) mass is 485 g/mol. The van der Waals surface area contributed by atoms with Gasteiger partial charge in [0.15, 0.2) is 0 Å². The lowest BCUT2D eigenvalue weighted by Crippen LogP contribution is -2.33. The average Bonchev–Trinajstić information content (AvgIpc) is 2.81. The van der Waals surface area contributed by atoms with E-state index in [1.165, 1.54) is 30.0 Å². The first-order valence-electron chi connectivity index (χ1n) is 11.2. The molecule has 0 fully saturated rings. The Labute approximate surface area is 200 Å². The summed E-state index contributed by atoms with van der Waals surface area (Å²) in [6, 6.07) is 4.89. The predicted octanol–water partition coefficient (Wildman–Crippen LogP) is 4.39. The van der Waals surface area contributed by atoms with Crippen LogP contribution in [0, 0.1) is 5.82 Å². The molecule has 10 heteroatoms. The summed E-state index contributed by atoms with van der Waals surface area (Å²) < 4.78 is 44.0. The molecule has 184 valence electrons. The molecular weight excluding hydrogens is 459 g/mol. The van der Waals surface area contributed by atoms with Crippen LogP contribution in [0.25, 0.3) is 16.6 Å². The maximum Gasteiger partial charge on any atom is 0.273 e. The second kappa shape index (κ2) is 9.16. The zero-order valence-corrected chi connectivity index (χ0v) is 19.9. The largest absolute Gasteiger partial charge is 0.363 e. The molecule has 0 unspecified atom stereocenters. The molecule has 35 heavy (non-hydrogen) atoms. The quantitative estimate of drug-likeness (QED) is 0.580. The molecule has 4 rings (SSSR count). The number of anilines is 1. The number of aryl methyl sites for hydroxylation is 1. The number of amides is 1. The van der Waals surface area contributed by atoms with Crippen molar-refractivity contribution in [3.63, 3.8) is 0 Å². The highest BCUT2D eigenvalue weighted by Crippen LogP contribution is 2.34. The van der Waals surface area contributed by atoms with Crippen molar-refractivity contribution in [1.29, 1.82) is 0 Å². The van der Waals surface area contributed by atoms with Crippen molar-refractivity contribution >= 4 is 28.3 Å². The van der Waals surface area contributed by atoms with E-state index in [4.69, 9.17) is 0 Å². The number of carbonyl (C=O) groups is 1. The fourth-order valence-corrected chi connectivity index (χ4v) is 4.32. The lowest BCUT2D eigenvalue weighted by molar-refractivity contribution is -0.128. The third-order valence-corrected chi connectivity index (χ3v) is 6.33. The smallest absolute Gasteiger partial charge is 0.273 e. The standard InChI is InChI=1S/C25H26F3N5O2/c1-14(17-6-5-7-20(21(17)26)25(3,27)28)31-22-19-12-18(16-8-10-33(11-9-16)15(2)34)24(35)32(4)23(19)30-13-29-22/h5-8,12-14H,9-11H2,1-4H3,(H,29,30,31)/t14-/m1/s1. The Morgan fingerprint density at radius 2 is 2.00 bits per heavy atom. The van der Waals surface area contributed by atoms with E-state index in [1.54, 1.807) is 24.9 Å². The molecule has 1 atom stereocenters. The molecule has 1 amide bonds. The number of fused-ring (bicyclic) bond motifs is 1. The van der Waals surface area contributed by atoms with E-state index in [2.05, 4.69) is 15.3 Å². The summed E-state index contributed by atoms with van der Waals surface area (Å²) in [4.78, 5) is 34.9. The molecule has 0 bridgehead atoms. The molecule has 1 aliphatic heterocycles. The number of aromatic nitrogens is 3. The summed E-state index contributed by atoms with van der Waals surface area (Å²) in [6.07, 6.45) is 3.67. The van der Waals surface area contributed by atoms with Crippen LogP contribution in [0.2, 0.25) is 0 Å². The van der Waals surface area contributed by atoms with E-state index in [0.717, 1.165) is 11.6 Å². The van der Waals surface area contributed by atoms with Crippen LogP contribution in [-0.4, -0.2) is 38.4 Å². The van der Waals surface area contributed by atoms with Gasteiger partial charge in [0.25, 0.3) is 11.5 Å². The Bertz CT molecular complexity index is 1390. The first-order valence-corrected chi connectivity index (χ1v) is 11.2. The van der Waals surface area contributed by atoms with Gasteiger partial charge in [0, 0.05) is 45.1 Å². The number of alkyl halides is 2. The van der Waals surface area contributed by atoms with Gasteiger partial charge in [0.05, 0.1) is 17.0 Å². The normalized spacial score (nSPS) is 15.2. The van der Waals surface area contributed by atoms with Crippen molar-refractivity contribution in [2.24, 2.45) is 7.05 Å². The molecule has 3 aromatic rings. The number of nitrogens with zero attached hydrogens (tertiary/aromatic N) is 4. The Morgan fingerprint density at radius 3 is 2.63 bits per heavy atom. The highest BCUT2D eigenvalue weighted by atomic mass is 19.3. The van der Waals surface area contributed by atoms with Crippen molar-refractivity contribution in [2.75, 3.05) is 18.4 Å². The van der Waals surface area contributed by atoms with Crippen LogP contribution in [-0.2, 0) is 17.8 Å². The first kappa shape index (κ1) is 24.4. The van der Waals surface area contributed by atoms with E-state index < -0.39 is 23.3 Å². The number of carbonyl (C=O) groups excluding carboxylic acids is 1. The Balaban J connectivity index is 1.75. The summed E-state index contributed by atoms with van der Waals surface area (Å²) in [5.41, 5.74) is 0.815. The van der Waals surface area contributed by atoms with E-state index in [0.29, 0.717) is 48.8 Å². The summed E-state index contributed by atoms with van der Waals surface area (Å²) >= 11 is 0. The Hall–Kier alpha value is -3.69. The molecule has 0 radical (unpaired) electrons. The molecule has 1 aromatic carbocycles. The summed E-state index contributed by atoms with van der Waals surface area (Å²) in [5.74, 6) is -3.99. The van der Waals surface area contributed by atoms with Crippen LogP contribution in [0.15, 0.2) is 41.5 Å². The van der Waals surface area contributed by atoms with Gasteiger partial charge < -0.3 is 10.2 Å². The van der Waals surface area contributed by atoms with E-state index in [9.17, 15) is 22.8 Å². The highest BCUT2D eigenvalue weighted by molar-refractivity contribution is 5.89. The number of nitrogens with one attached hydrogen (secondary N) is 1. The molecule has 0 spiro atoms. The van der Waals surface area contributed by atoms with Gasteiger partial charge in [-0.3, -0.25) is 14.2 Å². The second-order valence-electron chi connectivity index (χ2n) is 8.79. The number of hydrogen-bond donors (Lipinski definition) is 1. The van der Waals surface area contributed by atoms with Crippen molar-refractivity contribution < 1.29 is 18.0 Å². The average molecular weight is 486 g/mol. The molecule has 2 aromatic heterocycles. The van der Waals surface area contributed by atoms with E-state index in [-0.39, 0.29) is 17.0 Å². The lowest BCUT2D eigenvalue weighted by atomic mass is 9.99.